The molecular formula is C50H64. The van der Waals surface area contributed by atoms with Crippen LogP contribution in [0.2, 0.25) is 0 Å². The lowest BCUT2D eigenvalue weighted by Gasteiger charge is -2.19. The smallest absolute Gasteiger partial charge is 0.00237 e. The zero-order valence-corrected chi connectivity index (χ0v) is 33.7. The summed E-state index contributed by atoms with van der Waals surface area (Å²) >= 11 is 0. The van der Waals surface area contributed by atoms with E-state index in [0.717, 1.165) is 0 Å². The quantitative estimate of drug-likeness (QED) is 0.130. The van der Waals surface area contributed by atoms with E-state index in [9.17, 15) is 0 Å². The van der Waals surface area contributed by atoms with E-state index in [1.54, 1.807) is 0 Å². The number of allylic oxidation sites excluding steroid dienone is 4. The van der Waals surface area contributed by atoms with E-state index >= 15 is 0 Å². The van der Waals surface area contributed by atoms with Crippen LogP contribution in [0.1, 0.15) is 98.4 Å². The van der Waals surface area contributed by atoms with Crippen molar-refractivity contribution >= 4 is 27.1 Å². The number of rotatable bonds is 4. The first kappa shape index (κ1) is 43.3. The van der Waals surface area contributed by atoms with Crippen LogP contribution in [0.3, 0.4) is 0 Å². The van der Waals surface area contributed by atoms with Crippen LogP contribution in [0.25, 0.3) is 49.4 Å². The van der Waals surface area contributed by atoms with Gasteiger partial charge in [0.15, 0.2) is 0 Å². The second-order valence-electron chi connectivity index (χ2n) is 11.1. The summed E-state index contributed by atoms with van der Waals surface area (Å²) in [7, 11) is 0. The lowest BCUT2D eigenvalue weighted by molar-refractivity contribution is 1.37. The third kappa shape index (κ3) is 10.9. The van der Waals surface area contributed by atoms with E-state index < -0.39 is 0 Å². The number of benzene rings is 6. The molecule has 0 amide bonds. The van der Waals surface area contributed by atoms with Gasteiger partial charge in [0.1, 0.15) is 0 Å². The van der Waals surface area contributed by atoms with Gasteiger partial charge in [-0.15, -0.1) is 0 Å². The highest BCUT2D eigenvalue weighted by molar-refractivity contribution is 6.21. The van der Waals surface area contributed by atoms with Crippen molar-refractivity contribution < 1.29 is 0 Å². The summed E-state index contributed by atoms with van der Waals surface area (Å²) in [4.78, 5) is 0. The first-order chi connectivity index (χ1) is 24.4. The molecular weight excluding hydrogens is 601 g/mol. The molecule has 0 heterocycles. The molecule has 0 saturated heterocycles. The van der Waals surface area contributed by atoms with Crippen LogP contribution in [-0.2, 0) is 0 Å². The van der Waals surface area contributed by atoms with Crippen LogP contribution < -0.4 is 0 Å². The molecule has 6 rings (SSSR count). The molecule has 0 unspecified atom stereocenters. The number of fused-ring (bicyclic) bond motifs is 2. The van der Waals surface area contributed by atoms with Gasteiger partial charge in [0, 0.05) is 0 Å². The summed E-state index contributed by atoms with van der Waals surface area (Å²) in [6.45, 7) is 28.9. The van der Waals surface area contributed by atoms with Crippen molar-refractivity contribution in [2.24, 2.45) is 0 Å². The Bertz CT molecular complexity index is 1860. The van der Waals surface area contributed by atoms with Gasteiger partial charge in [-0.2, -0.15) is 0 Å². The predicted octanol–water partition coefficient (Wildman–Crippen LogP) is 16.4. The van der Waals surface area contributed by atoms with Gasteiger partial charge in [0.05, 0.1) is 0 Å². The van der Waals surface area contributed by atoms with Crippen molar-refractivity contribution in [3.63, 3.8) is 0 Å². The molecule has 0 radical (unpaired) electrons. The Hall–Kier alpha value is -4.68. The van der Waals surface area contributed by atoms with Crippen molar-refractivity contribution in [2.75, 3.05) is 0 Å². The van der Waals surface area contributed by atoms with E-state index in [1.807, 2.05) is 55.4 Å². The summed E-state index contributed by atoms with van der Waals surface area (Å²) in [5, 5.41) is 5.24. The highest BCUT2D eigenvalue weighted by Gasteiger charge is 2.17. The molecule has 0 atom stereocenters. The molecule has 0 spiro atoms. The molecule has 0 fully saturated rings. The molecule has 0 aromatic heterocycles. The Labute approximate surface area is 306 Å². The summed E-state index contributed by atoms with van der Waals surface area (Å²) in [6.07, 6.45) is 4.23. The van der Waals surface area contributed by atoms with Crippen molar-refractivity contribution in [3.05, 3.63) is 161 Å². The molecule has 0 aliphatic rings. The molecule has 6 aromatic rings. The van der Waals surface area contributed by atoms with Gasteiger partial charge in [-0.25, -0.2) is 0 Å². The minimum absolute atomic E-state index is 1.27. The SMILES string of the molecule is C/C=C\C(C)=C(/C)c1ccccc1C.CC.CC.CC.CC.Cc1ccc(-c2c3ccccc3c(-c3ccccc3)c3ccccc23)c(C)c1. The molecule has 0 nitrogen and oxygen atoms in total. The van der Waals surface area contributed by atoms with Gasteiger partial charge in [-0.05, 0) is 113 Å². The monoisotopic (exact) mass is 665 g/mol. The fourth-order valence-electron chi connectivity index (χ4n) is 6.01. The molecule has 0 N–H and O–H groups in total. The first-order valence-electron chi connectivity index (χ1n) is 18.8. The van der Waals surface area contributed by atoms with E-state index in [1.165, 1.54) is 77.2 Å². The Balaban J connectivity index is 0.000000482. The molecule has 6 aromatic carbocycles. The third-order valence-corrected chi connectivity index (χ3v) is 8.20. The van der Waals surface area contributed by atoms with Crippen molar-refractivity contribution in [1.82, 2.24) is 0 Å². The predicted molar refractivity (Wildman–Crippen MR) is 231 cm³/mol. The largest absolute Gasteiger partial charge is 0.0874 e. The number of hydrogen-bond acceptors (Lipinski definition) is 0. The van der Waals surface area contributed by atoms with Gasteiger partial charge in [-0.3, -0.25) is 0 Å². The van der Waals surface area contributed by atoms with E-state index in [-0.39, 0.29) is 0 Å². The first-order valence-corrected chi connectivity index (χ1v) is 18.8. The van der Waals surface area contributed by atoms with E-state index in [4.69, 9.17) is 0 Å². The fourth-order valence-corrected chi connectivity index (χ4v) is 6.01. The van der Waals surface area contributed by atoms with Gasteiger partial charge < -0.3 is 0 Å². The molecule has 0 saturated carbocycles. The highest BCUT2D eigenvalue weighted by Crippen LogP contribution is 2.44. The summed E-state index contributed by atoms with van der Waals surface area (Å²) in [5.74, 6) is 0. The molecule has 264 valence electrons. The molecule has 0 aliphatic heterocycles. The average Bonchev–Trinajstić information content (AvgIpc) is 3.18. The van der Waals surface area contributed by atoms with Gasteiger partial charge in [0.2, 0.25) is 0 Å². The number of hydrogen-bond donors (Lipinski definition) is 0. The third-order valence-electron chi connectivity index (χ3n) is 8.20. The van der Waals surface area contributed by atoms with Crippen LogP contribution in [0.4, 0.5) is 0 Å². The van der Waals surface area contributed by atoms with Crippen molar-refractivity contribution in [2.45, 2.75) is 96.9 Å². The summed E-state index contributed by atoms with van der Waals surface area (Å²) < 4.78 is 0. The topological polar surface area (TPSA) is 0 Å². The zero-order chi connectivity index (χ0) is 37.6. The maximum atomic E-state index is 2.28. The van der Waals surface area contributed by atoms with Crippen LogP contribution in [0.5, 0.6) is 0 Å². The maximum Gasteiger partial charge on any atom is -0.00237 e. The van der Waals surface area contributed by atoms with E-state index in [0.29, 0.717) is 0 Å². The Morgan fingerprint density at radius 2 is 0.900 bits per heavy atom. The lowest BCUT2D eigenvalue weighted by atomic mass is 9.85. The fraction of sp³-hybridized carbons (Fsp3) is 0.280. The number of aryl methyl sites for hydroxylation is 3. The second-order valence-corrected chi connectivity index (χ2v) is 11.1. The van der Waals surface area contributed by atoms with Crippen LogP contribution in [0, 0.1) is 20.8 Å². The van der Waals surface area contributed by atoms with Crippen LogP contribution in [-0.4, -0.2) is 0 Å². The standard InChI is InChI=1S/C28H22.C14H18.4C2H6/c1-19-16-17-22(20(2)18-19)28-25-14-8-6-12-23(25)27(21-10-4-3-5-11-21)24-13-7-9-15-26(24)28;1-5-8-11(2)13(4)14-10-7-6-9-12(14)3;4*1-2/h3-18H,1-2H3;5-10H,1-4H3;4*1-2H3/b;8-5-,13-11+;;;;. The van der Waals surface area contributed by atoms with Crippen molar-refractivity contribution in [1.29, 1.82) is 0 Å². The minimum atomic E-state index is 1.27. The van der Waals surface area contributed by atoms with Crippen molar-refractivity contribution in [3.8, 4) is 22.3 Å². The summed E-state index contributed by atoms with van der Waals surface area (Å²) in [6, 6.07) is 43.7. The Morgan fingerprint density at radius 1 is 0.460 bits per heavy atom. The Kier molecular flexibility index (Phi) is 20.5. The maximum absolute atomic E-state index is 2.28. The average molecular weight is 665 g/mol. The lowest BCUT2D eigenvalue weighted by Crippen LogP contribution is -1.92. The van der Waals surface area contributed by atoms with E-state index in [2.05, 4.69) is 175 Å². The summed E-state index contributed by atoms with van der Waals surface area (Å²) in [5.41, 5.74) is 13.3. The molecule has 0 aliphatic carbocycles. The molecule has 50 heavy (non-hydrogen) atoms. The second kappa shape index (κ2) is 23.6. The zero-order valence-electron chi connectivity index (χ0n) is 33.7. The normalized spacial score (nSPS) is 10.4. The van der Waals surface area contributed by atoms with Crippen LogP contribution >= 0.6 is 0 Å². The van der Waals surface area contributed by atoms with Gasteiger partial charge in [-0.1, -0.05) is 194 Å². The molecule has 0 bridgehead atoms. The minimum Gasteiger partial charge on any atom is -0.0874 e. The highest BCUT2D eigenvalue weighted by atomic mass is 14.2. The van der Waals surface area contributed by atoms with Crippen LogP contribution in [0.15, 0.2) is 139 Å². The molecule has 0 heteroatoms. The van der Waals surface area contributed by atoms with Gasteiger partial charge >= 0.3 is 0 Å². The van der Waals surface area contributed by atoms with Gasteiger partial charge in [0.25, 0.3) is 0 Å². The Morgan fingerprint density at radius 3 is 1.36 bits per heavy atom.